The Hall–Kier alpha value is -3.18. The van der Waals surface area contributed by atoms with Gasteiger partial charge in [-0.3, -0.25) is 14.4 Å². The summed E-state index contributed by atoms with van der Waals surface area (Å²) in [6.07, 6.45) is 2.89. The van der Waals surface area contributed by atoms with Crippen molar-refractivity contribution in [3.8, 4) is 5.75 Å². The van der Waals surface area contributed by atoms with Crippen molar-refractivity contribution in [3.05, 3.63) is 29.8 Å². The molecule has 1 saturated heterocycles. The molecule has 3 amide bonds. The third kappa shape index (κ3) is 8.03. The van der Waals surface area contributed by atoms with Gasteiger partial charge >= 0.3 is 5.97 Å². The highest BCUT2D eigenvalue weighted by atomic mass is 16.4. The van der Waals surface area contributed by atoms with Crippen LogP contribution in [0.5, 0.6) is 5.75 Å². The van der Waals surface area contributed by atoms with Crippen molar-refractivity contribution in [1.29, 1.82) is 0 Å². The number of hydrogen-bond donors (Lipinski definition) is 6. The summed E-state index contributed by atoms with van der Waals surface area (Å²) in [6.45, 7) is 0.429. The number of rotatable bonds is 12. The van der Waals surface area contributed by atoms with Gasteiger partial charge in [0.1, 0.15) is 17.8 Å². The first kappa shape index (κ1) is 26.1. The van der Waals surface area contributed by atoms with Crippen molar-refractivity contribution >= 4 is 23.7 Å². The lowest BCUT2D eigenvalue weighted by atomic mass is 10.0. The van der Waals surface area contributed by atoms with E-state index in [4.69, 9.17) is 11.5 Å². The highest BCUT2D eigenvalue weighted by Gasteiger charge is 2.34. The molecule has 8 N–H and O–H groups in total. The number of unbranched alkanes of at least 4 members (excludes halogenated alkanes) is 1. The topological polar surface area (TPSA) is 188 Å². The number of carbonyl (C=O) groups is 4. The second-order valence-electron chi connectivity index (χ2n) is 8.12. The highest BCUT2D eigenvalue weighted by Crippen LogP contribution is 2.17. The molecule has 11 heteroatoms. The number of carbonyl (C=O) groups excluding carboxylic acids is 3. The number of carboxylic acid groups (broad SMARTS) is 1. The number of benzene rings is 1. The Morgan fingerprint density at radius 1 is 1.12 bits per heavy atom. The minimum absolute atomic E-state index is 0.0647. The quantitative estimate of drug-likeness (QED) is 0.214. The van der Waals surface area contributed by atoms with Crippen LogP contribution in [0.25, 0.3) is 0 Å². The standard InChI is InChI=1S/C22H33N5O6/c23-10-2-1-4-16(24)20(30)26-17(12-14-6-8-15(28)9-7-14)21(31)25-13-19(29)27-11-3-5-18(27)22(32)33/h6-9,16-18,28H,1-5,10-13,23-24H2,(H,25,31)(H,26,30)(H,32,33). The molecule has 2 rings (SSSR count). The van der Waals surface area contributed by atoms with Gasteiger partial charge in [0.25, 0.3) is 0 Å². The third-order valence-corrected chi connectivity index (χ3v) is 5.59. The van der Waals surface area contributed by atoms with E-state index in [0.29, 0.717) is 44.3 Å². The van der Waals surface area contributed by atoms with Gasteiger partial charge in [0.15, 0.2) is 0 Å². The Balaban J connectivity index is 2.02. The van der Waals surface area contributed by atoms with Crippen molar-refractivity contribution in [2.45, 2.75) is 56.7 Å². The van der Waals surface area contributed by atoms with E-state index in [2.05, 4.69) is 10.6 Å². The number of phenols is 1. The summed E-state index contributed by atoms with van der Waals surface area (Å²) in [5, 5.41) is 23.9. The van der Waals surface area contributed by atoms with Gasteiger partial charge < -0.3 is 37.2 Å². The predicted octanol–water partition coefficient (Wildman–Crippen LogP) is -0.932. The monoisotopic (exact) mass is 463 g/mol. The summed E-state index contributed by atoms with van der Waals surface area (Å²) < 4.78 is 0. The van der Waals surface area contributed by atoms with Crippen LogP contribution in [0.1, 0.15) is 37.7 Å². The molecule has 1 fully saturated rings. The van der Waals surface area contributed by atoms with E-state index in [0.717, 1.165) is 6.42 Å². The number of aliphatic carboxylic acids is 1. The van der Waals surface area contributed by atoms with Gasteiger partial charge in [-0.25, -0.2) is 4.79 Å². The second-order valence-corrected chi connectivity index (χ2v) is 8.12. The Labute approximate surface area is 192 Å². The van der Waals surface area contributed by atoms with E-state index < -0.39 is 41.8 Å². The first-order valence-electron chi connectivity index (χ1n) is 11.1. The highest BCUT2D eigenvalue weighted by molar-refractivity contribution is 5.93. The molecule has 0 radical (unpaired) electrons. The molecular formula is C22H33N5O6. The van der Waals surface area contributed by atoms with E-state index in [1.807, 2.05) is 0 Å². The van der Waals surface area contributed by atoms with Crippen molar-refractivity contribution in [2.75, 3.05) is 19.6 Å². The molecule has 11 nitrogen and oxygen atoms in total. The first-order chi connectivity index (χ1) is 15.7. The Kier molecular flexibility index (Phi) is 10.1. The zero-order valence-electron chi connectivity index (χ0n) is 18.5. The lowest BCUT2D eigenvalue weighted by Crippen LogP contribution is -2.54. The molecule has 3 atom stereocenters. The number of aromatic hydroxyl groups is 1. The van der Waals surface area contributed by atoms with Crippen LogP contribution >= 0.6 is 0 Å². The average molecular weight is 464 g/mol. The minimum atomic E-state index is -1.08. The van der Waals surface area contributed by atoms with Crippen LogP contribution in [0.15, 0.2) is 24.3 Å². The number of likely N-dealkylation sites (tertiary alicyclic amines) is 1. The molecule has 1 aliphatic heterocycles. The van der Waals surface area contributed by atoms with Gasteiger partial charge in [0, 0.05) is 13.0 Å². The van der Waals surface area contributed by atoms with Crippen LogP contribution in [-0.2, 0) is 25.6 Å². The number of phenolic OH excluding ortho intramolecular Hbond substituents is 1. The summed E-state index contributed by atoms with van der Waals surface area (Å²) in [4.78, 5) is 50.4. The molecular weight excluding hydrogens is 430 g/mol. The van der Waals surface area contributed by atoms with E-state index in [9.17, 15) is 29.4 Å². The number of carboxylic acids is 1. The predicted molar refractivity (Wildman–Crippen MR) is 120 cm³/mol. The average Bonchev–Trinajstić information content (AvgIpc) is 3.28. The fourth-order valence-corrected chi connectivity index (χ4v) is 3.70. The fourth-order valence-electron chi connectivity index (χ4n) is 3.70. The second kappa shape index (κ2) is 12.8. The maximum atomic E-state index is 12.8. The van der Waals surface area contributed by atoms with Gasteiger partial charge in [-0.05, 0) is 49.9 Å². The van der Waals surface area contributed by atoms with Gasteiger partial charge in [-0.15, -0.1) is 0 Å². The molecule has 0 bridgehead atoms. The fraction of sp³-hybridized carbons (Fsp3) is 0.545. The summed E-state index contributed by atoms with van der Waals surface area (Å²) in [5.74, 6) is -2.60. The number of nitrogens with two attached hydrogens (primary N) is 2. The maximum Gasteiger partial charge on any atom is 0.326 e. The Morgan fingerprint density at radius 3 is 2.45 bits per heavy atom. The number of hydrogen-bond acceptors (Lipinski definition) is 7. The third-order valence-electron chi connectivity index (χ3n) is 5.59. The largest absolute Gasteiger partial charge is 0.508 e. The van der Waals surface area contributed by atoms with Crippen LogP contribution in [0.2, 0.25) is 0 Å². The minimum Gasteiger partial charge on any atom is -0.508 e. The normalized spacial score (nSPS) is 17.3. The zero-order chi connectivity index (χ0) is 24.4. The SMILES string of the molecule is NCCCCC(N)C(=O)NC(Cc1ccc(O)cc1)C(=O)NCC(=O)N1CCCC1C(=O)O. The molecule has 0 aromatic heterocycles. The van der Waals surface area contributed by atoms with Gasteiger partial charge in [0.2, 0.25) is 17.7 Å². The molecule has 1 aromatic carbocycles. The molecule has 1 aromatic rings. The van der Waals surface area contributed by atoms with Gasteiger partial charge in [0.05, 0.1) is 12.6 Å². The zero-order valence-corrected chi connectivity index (χ0v) is 18.5. The van der Waals surface area contributed by atoms with Crippen molar-refractivity contribution < 1.29 is 29.4 Å². The lowest BCUT2D eigenvalue weighted by Gasteiger charge is -2.23. The summed E-state index contributed by atoms with van der Waals surface area (Å²) in [7, 11) is 0. The Morgan fingerprint density at radius 2 is 1.82 bits per heavy atom. The molecule has 182 valence electrons. The summed E-state index contributed by atoms with van der Waals surface area (Å²) in [5.41, 5.74) is 12.1. The molecule has 0 aliphatic carbocycles. The smallest absolute Gasteiger partial charge is 0.326 e. The van der Waals surface area contributed by atoms with Crippen LogP contribution in [0.4, 0.5) is 0 Å². The van der Waals surface area contributed by atoms with Gasteiger partial charge in [-0.2, -0.15) is 0 Å². The van der Waals surface area contributed by atoms with Crippen LogP contribution in [0.3, 0.4) is 0 Å². The number of nitrogens with one attached hydrogen (secondary N) is 2. The molecule has 1 aliphatic rings. The summed E-state index contributed by atoms with van der Waals surface area (Å²) >= 11 is 0. The lowest BCUT2D eigenvalue weighted by molar-refractivity contribution is -0.148. The molecule has 0 spiro atoms. The van der Waals surface area contributed by atoms with Gasteiger partial charge in [-0.1, -0.05) is 18.6 Å². The van der Waals surface area contributed by atoms with Crippen molar-refractivity contribution in [2.24, 2.45) is 11.5 Å². The molecule has 3 unspecified atom stereocenters. The van der Waals surface area contributed by atoms with Crippen LogP contribution in [-0.4, -0.2) is 76.6 Å². The summed E-state index contributed by atoms with van der Waals surface area (Å²) in [6, 6.07) is 3.46. The van der Waals surface area contributed by atoms with Crippen molar-refractivity contribution in [3.63, 3.8) is 0 Å². The maximum absolute atomic E-state index is 12.8. The van der Waals surface area contributed by atoms with E-state index in [1.165, 1.54) is 17.0 Å². The van der Waals surface area contributed by atoms with E-state index in [1.54, 1.807) is 12.1 Å². The van der Waals surface area contributed by atoms with E-state index >= 15 is 0 Å². The number of nitrogens with zero attached hydrogens (tertiary/aromatic N) is 1. The number of amides is 3. The van der Waals surface area contributed by atoms with E-state index in [-0.39, 0.29) is 18.7 Å². The van der Waals surface area contributed by atoms with Crippen LogP contribution in [0, 0.1) is 0 Å². The van der Waals surface area contributed by atoms with Crippen LogP contribution < -0.4 is 22.1 Å². The molecule has 1 heterocycles. The Bertz CT molecular complexity index is 831. The first-order valence-corrected chi connectivity index (χ1v) is 11.1. The molecule has 33 heavy (non-hydrogen) atoms. The molecule has 0 saturated carbocycles. The van der Waals surface area contributed by atoms with Crippen molar-refractivity contribution in [1.82, 2.24) is 15.5 Å².